The van der Waals surface area contributed by atoms with Crippen molar-refractivity contribution in [1.29, 1.82) is 0 Å². The molecule has 4 aromatic carbocycles. The summed E-state index contributed by atoms with van der Waals surface area (Å²) in [7, 11) is 0. The fraction of sp³-hybridized carbons (Fsp3) is 0.472. The molecule has 2 unspecified atom stereocenters. The van der Waals surface area contributed by atoms with Gasteiger partial charge in [-0.15, -0.1) is 0 Å². The first-order valence-corrected chi connectivity index (χ1v) is 22.2. The summed E-state index contributed by atoms with van der Waals surface area (Å²) in [5.74, 6) is 0.409. The largest absolute Gasteiger partial charge is 0.490 e. The lowest BCUT2D eigenvalue weighted by atomic mass is 9.74. The molecule has 0 aliphatic carbocycles. The third kappa shape index (κ3) is 10.9. The highest BCUT2D eigenvalue weighted by Gasteiger charge is 2.41. The van der Waals surface area contributed by atoms with Gasteiger partial charge in [-0.2, -0.15) is 0 Å². The van der Waals surface area contributed by atoms with Crippen LogP contribution in [0.4, 0.5) is 0 Å². The predicted molar refractivity (Wildman–Crippen MR) is 242 cm³/mol. The molecular weight excluding hydrogens is 797 g/mol. The van der Waals surface area contributed by atoms with E-state index in [4.69, 9.17) is 28.4 Å². The molecule has 2 heterocycles. The fourth-order valence-corrected chi connectivity index (χ4v) is 8.08. The van der Waals surface area contributed by atoms with Gasteiger partial charge in [0.05, 0.1) is 0 Å². The number of fused-ring (bicyclic) bond motifs is 2. The fourth-order valence-electron chi connectivity index (χ4n) is 8.08. The zero-order valence-electron chi connectivity index (χ0n) is 38.9. The summed E-state index contributed by atoms with van der Waals surface area (Å²) in [6, 6.07) is 23.2. The zero-order chi connectivity index (χ0) is 45.9. The second-order valence-corrected chi connectivity index (χ2v) is 19.7. The van der Waals surface area contributed by atoms with Crippen LogP contribution in [0.1, 0.15) is 164 Å². The van der Waals surface area contributed by atoms with E-state index < -0.39 is 17.3 Å². The van der Waals surface area contributed by atoms with Gasteiger partial charge in [0.1, 0.15) is 61.3 Å². The van der Waals surface area contributed by atoms with Crippen LogP contribution in [-0.2, 0) is 44.9 Å². The first kappa shape index (κ1) is 46.9. The molecule has 2 aliphatic rings. The summed E-state index contributed by atoms with van der Waals surface area (Å²) in [5, 5.41) is 0. The second kappa shape index (κ2) is 19.0. The predicted octanol–water partition coefficient (Wildman–Crippen LogP) is 10.9. The summed E-state index contributed by atoms with van der Waals surface area (Å²) in [4.78, 5) is 51.5. The molecule has 0 saturated heterocycles. The molecule has 4 aromatic rings. The molecule has 10 heteroatoms. The number of carbonyl (C=O) groups is 4. The lowest BCUT2D eigenvalue weighted by Gasteiger charge is -2.29. The Morgan fingerprint density at radius 2 is 1.05 bits per heavy atom. The monoisotopic (exact) mass is 860 g/mol. The quantitative estimate of drug-likeness (QED) is 0.0576. The van der Waals surface area contributed by atoms with Gasteiger partial charge in [0.25, 0.3) is 0 Å². The van der Waals surface area contributed by atoms with Crippen LogP contribution in [0.25, 0.3) is 0 Å². The van der Waals surface area contributed by atoms with Gasteiger partial charge in [0.2, 0.25) is 0 Å². The van der Waals surface area contributed by atoms with E-state index in [1.54, 1.807) is 12.1 Å². The van der Waals surface area contributed by atoms with Crippen LogP contribution in [0.2, 0.25) is 0 Å². The van der Waals surface area contributed by atoms with E-state index in [0.717, 1.165) is 45.4 Å². The topological polar surface area (TPSA) is 124 Å². The van der Waals surface area contributed by atoms with Crippen LogP contribution in [-0.4, -0.2) is 50.3 Å². The van der Waals surface area contributed by atoms with Crippen LogP contribution in [0, 0.1) is 0 Å². The van der Waals surface area contributed by atoms with E-state index in [2.05, 4.69) is 87.4 Å². The Labute approximate surface area is 373 Å². The van der Waals surface area contributed by atoms with Crippen molar-refractivity contribution in [3.63, 3.8) is 0 Å². The average molecular weight is 861 g/mol. The number of rotatable bonds is 17. The van der Waals surface area contributed by atoms with Gasteiger partial charge in [-0.25, -0.2) is 0 Å². The van der Waals surface area contributed by atoms with Gasteiger partial charge < -0.3 is 28.4 Å². The number of carbonyl (C=O) groups excluding carboxylic acids is 4. The molecule has 63 heavy (non-hydrogen) atoms. The minimum atomic E-state index is -0.627. The molecule has 0 saturated carbocycles. The summed E-state index contributed by atoms with van der Waals surface area (Å²) in [6.45, 7) is 23.7. The lowest BCUT2D eigenvalue weighted by Crippen LogP contribution is -2.22. The van der Waals surface area contributed by atoms with Crippen molar-refractivity contribution in [2.75, 3.05) is 26.4 Å². The molecule has 0 aromatic heterocycles. The Hall–Kier alpha value is -5.64. The van der Waals surface area contributed by atoms with E-state index in [0.29, 0.717) is 41.8 Å². The van der Waals surface area contributed by atoms with Crippen molar-refractivity contribution < 1.29 is 47.6 Å². The number of hydrogen-bond acceptors (Lipinski definition) is 10. The van der Waals surface area contributed by atoms with Gasteiger partial charge in [-0.05, 0) is 81.5 Å². The van der Waals surface area contributed by atoms with Crippen molar-refractivity contribution in [2.45, 2.75) is 136 Å². The minimum absolute atomic E-state index is 0.0846. The summed E-state index contributed by atoms with van der Waals surface area (Å²) in [5.41, 5.74) is 6.45. The van der Waals surface area contributed by atoms with Crippen molar-refractivity contribution in [1.82, 2.24) is 0 Å². The molecule has 2 atom stereocenters. The Morgan fingerprint density at radius 3 is 1.49 bits per heavy atom. The maximum absolute atomic E-state index is 13.5. The van der Waals surface area contributed by atoms with Crippen molar-refractivity contribution in [2.24, 2.45) is 0 Å². The average Bonchev–Trinajstić information content (AvgIpc) is 3.74. The third-order valence-electron chi connectivity index (χ3n) is 11.9. The van der Waals surface area contributed by atoms with Gasteiger partial charge in [0.15, 0.2) is 0 Å². The second-order valence-electron chi connectivity index (χ2n) is 19.7. The Kier molecular flexibility index (Phi) is 14.1. The molecule has 6 rings (SSSR count). The molecule has 0 fully saturated rings. The first-order chi connectivity index (χ1) is 29.7. The summed E-state index contributed by atoms with van der Waals surface area (Å²) in [6.07, 6.45) is 1.81. The van der Waals surface area contributed by atoms with E-state index >= 15 is 0 Å². The Bertz CT molecular complexity index is 2310. The van der Waals surface area contributed by atoms with E-state index in [1.165, 1.54) is 5.56 Å². The molecule has 2 aliphatic heterocycles. The number of ether oxygens (including phenoxy) is 6. The van der Waals surface area contributed by atoms with Crippen LogP contribution in [0.15, 0.2) is 72.8 Å². The van der Waals surface area contributed by atoms with Gasteiger partial charge in [-0.3, -0.25) is 19.2 Å². The maximum Gasteiger partial charge on any atom is 0.323 e. The molecular formula is C53H64O10. The maximum atomic E-state index is 13.5. The highest BCUT2D eigenvalue weighted by atomic mass is 16.6. The molecule has 0 bridgehead atoms. The van der Waals surface area contributed by atoms with Crippen molar-refractivity contribution in [3.05, 3.63) is 117 Å². The SMILES string of the molecule is CCCC(=O)OCCOc1ccc(C2C(=O)Oc3c2cc(C(C)(C)CCC(=O)OCCOc2ccc(C4C(=O)Oc5c4cc(C(C)C)cc5C(C)(C)C)cc2)cc3C(C)(C)C)cc1. The third-order valence-corrected chi connectivity index (χ3v) is 11.9. The van der Waals surface area contributed by atoms with Gasteiger partial charge in [-0.1, -0.05) is 125 Å². The van der Waals surface area contributed by atoms with Crippen molar-refractivity contribution >= 4 is 23.9 Å². The van der Waals surface area contributed by atoms with E-state index in [1.807, 2.05) is 49.4 Å². The molecule has 0 radical (unpaired) electrons. The zero-order valence-corrected chi connectivity index (χ0v) is 38.9. The van der Waals surface area contributed by atoms with Crippen LogP contribution in [0.3, 0.4) is 0 Å². The van der Waals surface area contributed by atoms with Crippen molar-refractivity contribution in [3.8, 4) is 23.0 Å². The normalized spacial score (nSPS) is 16.0. The molecule has 0 amide bonds. The molecule has 10 nitrogen and oxygen atoms in total. The number of hydrogen-bond donors (Lipinski definition) is 0. The minimum Gasteiger partial charge on any atom is -0.490 e. The standard InChI is InChI=1S/C53H64O10/c1-12-13-43(54)60-26-24-58-38-20-16-34(17-21-38)46-40-30-36(31-42(52(7,8)9)48(40)63-50(46)57)53(10,11)23-22-44(55)61-27-25-59-37-18-14-33(15-19-37)45-39-28-35(32(2)3)29-41(51(4,5)6)47(39)62-49(45)56/h14-21,28-32,45-46H,12-13,22-27H2,1-11H3. The van der Waals surface area contributed by atoms with Crippen LogP contribution in [0.5, 0.6) is 23.0 Å². The van der Waals surface area contributed by atoms with Crippen LogP contribution < -0.4 is 18.9 Å². The molecule has 336 valence electrons. The number of benzene rings is 4. The lowest BCUT2D eigenvalue weighted by molar-refractivity contribution is -0.145. The first-order valence-electron chi connectivity index (χ1n) is 22.2. The molecule has 0 N–H and O–H groups in total. The van der Waals surface area contributed by atoms with E-state index in [9.17, 15) is 19.2 Å². The summed E-state index contributed by atoms with van der Waals surface area (Å²) >= 11 is 0. The number of esters is 4. The highest BCUT2D eigenvalue weighted by molar-refractivity contribution is 5.91. The Balaban J connectivity index is 1.05. The van der Waals surface area contributed by atoms with Gasteiger partial charge in [0, 0.05) is 35.1 Å². The highest BCUT2D eigenvalue weighted by Crippen LogP contribution is 2.49. The smallest absolute Gasteiger partial charge is 0.323 e. The Morgan fingerprint density at radius 1 is 0.603 bits per heavy atom. The van der Waals surface area contributed by atoms with Gasteiger partial charge >= 0.3 is 23.9 Å². The van der Waals surface area contributed by atoms with E-state index in [-0.39, 0.29) is 67.6 Å². The summed E-state index contributed by atoms with van der Waals surface area (Å²) < 4.78 is 34.4. The molecule has 0 spiro atoms. The van der Waals surface area contributed by atoms with Crippen LogP contribution >= 0.6 is 0 Å².